The molecule has 1 amide bonds. The van der Waals surface area contributed by atoms with E-state index in [0.29, 0.717) is 17.3 Å². The molecule has 18 heavy (non-hydrogen) atoms. The topological polar surface area (TPSA) is 62.2 Å². The van der Waals surface area contributed by atoms with E-state index < -0.39 is 0 Å². The summed E-state index contributed by atoms with van der Waals surface area (Å²) in [5, 5.41) is 12.6. The number of pyridine rings is 1. The van der Waals surface area contributed by atoms with Gasteiger partial charge in [-0.2, -0.15) is 0 Å². The van der Waals surface area contributed by atoms with Crippen molar-refractivity contribution in [1.29, 1.82) is 0 Å². The van der Waals surface area contributed by atoms with Gasteiger partial charge < -0.3 is 10.4 Å². The monoisotopic (exact) mass is 268 g/mol. The Morgan fingerprint density at radius 1 is 1.50 bits per heavy atom. The van der Waals surface area contributed by atoms with Crippen LogP contribution in [0, 0.1) is 5.41 Å². The first kappa shape index (κ1) is 13.3. The molecule has 2 N–H and O–H groups in total. The normalized spacial score (nSPS) is 17.7. The maximum atomic E-state index is 11.9. The van der Waals surface area contributed by atoms with Crippen molar-refractivity contribution >= 4 is 17.5 Å². The second-order valence-electron chi connectivity index (χ2n) is 4.92. The molecule has 0 aliphatic heterocycles. The highest BCUT2D eigenvalue weighted by Crippen LogP contribution is 2.36. The van der Waals surface area contributed by atoms with Crippen LogP contribution < -0.4 is 5.32 Å². The van der Waals surface area contributed by atoms with E-state index in [0.717, 1.165) is 25.7 Å². The summed E-state index contributed by atoms with van der Waals surface area (Å²) in [6.45, 7) is 0.645. The van der Waals surface area contributed by atoms with Crippen LogP contribution in [0.5, 0.6) is 0 Å². The molecule has 0 spiro atoms. The fraction of sp³-hybridized carbons (Fsp3) is 0.538. The molecule has 2 rings (SSSR count). The van der Waals surface area contributed by atoms with Crippen molar-refractivity contribution in [1.82, 2.24) is 10.3 Å². The number of nitrogens with zero attached hydrogens (tertiary/aromatic N) is 1. The molecule has 1 aliphatic carbocycles. The summed E-state index contributed by atoms with van der Waals surface area (Å²) in [4.78, 5) is 15.8. The van der Waals surface area contributed by atoms with Crippen LogP contribution in [0.4, 0.5) is 0 Å². The quantitative estimate of drug-likeness (QED) is 0.822. The van der Waals surface area contributed by atoms with E-state index in [-0.39, 0.29) is 17.9 Å². The van der Waals surface area contributed by atoms with E-state index in [2.05, 4.69) is 10.3 Å². The molecule has 0 saturated heterocycles. The van der Waals surface area contributed by atoms with Gasteiger partial charge in [0.15, 0.2) is 0 Å². The molecule has 5 heteroatoms. The van der Waals surface area contributed by atoms with Crippen molar-refractivity contribution in [3.8, 4) is 0 Å². The molecule has 0 atom stereocenters. The number of rotatable bonds is 4. The molecule has 1 aromatic rings. The van der Waals surface area contributed by atoms with Gasteiger partial charge in [0, 0.05) is 23.7 Å². The lowest BCUT2D eigenvalue weighted by atomic mass is 9.87. The number of amides is 1. The van der Waals surface area contributed by atoms with E-state index in [1.165, 1.54) is 12.3 Å². The Labute approximate surface area is 111 Å². The van der Waals surface area contributed by atoms with Gasteiger partial charge in [-0.3, -0.25) is 4.79 Å². The van der Waals surface area contributed by atoms with Gasteiger partial charge in [0.25, 0.3) is 5.91 Å². The molecule has 0 aromatic carbocycles. The van der Waals surface area contributed by atoms with Gasteiger partial charge in [-0.15, -0.1) is 0 Å². The van der Waals surface area contributed by atoms with Crippen LogP contribution in [-0.2, 0) is 0 Å². The Hall–Kier alpha value is -1.13. The molecular formula is C13H17ClN2O2. The van der Waals surface area contributed by atoms with Crippen LogP contribution in [0.2, 0.25) is 5.15 Å². The Bertz CT molecular complexity index is 431. The third-order valence-corrected chi connectivity index (χ3v) is 3.82. The molecule has 1 saturated carbocycles. The smallest absolute Gasteiger partial charge is 0.251 e. The van der Waals surface area contributed by atoms with E-state index in [9.17, 15) is 9.90 Å². The van der Waals surface area contributed by atoms with Crippen molar-refractivity contribution < 1.29 is 9.90 Å². The number of carbonyl (C=O) groups is 1. The zero-order valence-corrected chi connectivity index (χ0v) is 10.9. The van der Waals surface area contributed by atoms with Gasteiger partial charge in [-0.25, -0.2) is 4.98 Å². The number of nitrogens with one attached hydrogen (secondary N) is 1. The molecule has 98 valence electrons. The van der Waals surface area contributed by atoms with E-state index in [4.69, 9.17) is 11.6 Å². The summed E-state index contributed by atoms with van der Waals surface area (Å²) in [5.41, 5.74) is 0.369. The summed E-state index contributed by atoms with van der Waals surface area (Å²) in [5.74, 6) is -0.168. The van der Waals surface area contributed by atoms with Gasteiger partial charge in [0.2, 0.25) is 0 Å². The van der Waals surface area contributed by atoms with Crippen molar-refractivity contribution in [3.05, 3.63) is 29.0 Å². The maximum absolute atomic E-state index is 11.9. The second kappa shape index (κ2) is 5.67. The fourth-order valence-electron chi connectivity index (χ4n) is 2.43. The molecule has 1 aromatic heterocycles. The van der Waals surface area contributed by atoms with Crippen LogP contribution in [0.3, 0.4) is 0 Å². The number of halogens is 1. The standard InChI is InChI=1S/C13H17ClN2O2/c14-11-7-10(3-6-15-11)12(18)16-8-13(9-17)4-1-2-5-13/h3,6-7,17H,1-2,4-5,8-9H2,(H,16,18). The molecule has 0 bridgehead atoms. The summed E-state index contributed by atoms with van der Waals surface area (Å²) < 4.78 is 0. The SMILES string of the molecule is O=C(NCC1(CO)CCCC1)c1ccnc(Cl)c1. The van der Waals surface area contributed by atoms with Gasteiger partial charge >= 0.3 is 0 Å². The van der Waals surface area contributed by atoms with Crippen molar-refractivity contribution in [2.75, 3.05) is 13.2 Å². The number of carbonyl (C=O) groups excluding carboxylic acids is 1. The molecule has 0 radical (unpaired) electrons. The predicted octanol–water partition coefficient (Wildman–Crippen LogP) is 2.02. The van der Waals surface area contributed by atoms with Crippen LogP contribution in [-0.4, -0.2) is 29.1 Å². The lowest BCUT2D eigenvalue weighted by Crippen LogP contribution is -2.38. The van der Waals surface area contributed by atoms with Gasteiger partial charge in [0.05, 0.1) is 6.61 Å². The Morgan fingerprint density at radius 2 is 2.22 bits per heavy atom. The molecule has 4 nitrogen and oxygen atoms in total. The Balaban J connectivity index is 1.96. The highest BCUT2D eigenvalue weighted by atomic mass is 35.5. The summed E-state index contributed by atoms with van der Waals surface area (Å²) >= 11 is 5.74. The van der Waals surface area contributed by atoms with Gasteiger partial charge in [-0.05, 0) is 25.0 Å². The fourth-order valence-corrected chi connectivity index (χ4v) is 2.60. The number of hydrogen-bond acceptors (Lipinski definition) is 3. The zero-order valence-electron chi connectivity index (χ0n) is 10.2. The Morgan fingerprint density at radius 3 is 2.83 bits per heavy atom. The number of aliphatic hydroxyl groups excluding tert-OH is 1. The summed E-state index contributed by atoms with van der Waals surface area (Å²) in [6, 6.07) is 3.17. The van der Waals surface area contributed by atoms with E-state index in [1.54, 1.807) is 6.07 Å². The van der Waals surface area contributed by atoms with Gasteiger partial charge in [-0.1, -0.05) is 24.4 Å². The largest absolute Gasteiger partial charge is 0.396 e. The highest BCUT2D eigenvalue weighted by Gasteiger charge is 2.33. The van der Waals surface area contributed by atoms with Crippen LogP contribution in [0.1, 0.15) is 36.0 Å². The second-order valence-corrected chi connectivity index (χ2v) is 5.30. The molecule has 1 heterocycles. The summed E-state index contributed by atoms with van der Waals surface area (Å²) in [7, 11) is 0. The van der Waals surface area contributed by atoms with Crippen LogP contribution in [0.15, 0.2) is 18.3 Å². The lowest BCUT2D eigenvalue weighted by Gasteiger charge is -2.26. The van der Waals surface area contributed by atoms with E-state index in [1.807, 2.05) is 0 Å². The first-order valence-corrected chi connectivity index (χ1v) is 6.54. The molecular weight excluding hydrogens is 252 g/mol. The number of aliphatic hydroxyl groups is 1. The summed E-state index contributed by atoms with van der Waals surface area (Å²) in [6.07, 6.45) is 5.70. The average molecular weight is 269 g/mol. The first-order valence-electron chi connectivity index (χ1n) is 6.16. The van der Waals surface area contributed by atoms with Gasteiger partial charge in [0.1, 0.15) is 5.15 Å². The minimum absolute atomic E-state index is 0.129. The average Bonchev–Trinajstić information content (AvgIpc) is 2.85. The minimum atomic E-state index is -0.168. The van der Waals surface area contributed by atoms with Crippen molar-refractivity contribution in [2.24, 2.45) is 5.41 Å². The van der Waals surface area contributed by atoms with Crippen molar-refractivity contribution in [3.63, 3.8) is 0 Å². The molecule has 0 unspecified atom stereocenters. The predicted molar refractivity (Wildman–Crippen MR) is 69.6 cm³/mol. The third-order valence-electron chi connectivity index (χ3n) is 3.61. The number of aromatic nitrogens is 1. The highest BCUT2D eigenvalue weighted by molar-refractivity contribution is 6.29. The maximum Gasteiger partial charge on any atom is 0.251 e. The van der Waals surface area contributed by atoms with Crippen LogP contribution in [0.25, 0.3) is 0 Å². The first-order chi connectivity index (χ1) is 8.65. The zero-order chi connectivity index (χ0) is 13.0. The third kappa shape index (κ3) is 3.00. The number of hydrogen-bond donors (Lipinski definition) is 2. The minimum Gasteiger partial charge on any atom is -0.396 e. The van der Waals surface area contributed by atoms with E-state index >= 15 is 0 Å². The Kier molecular flexibility index (Phi) is 4.19. The molecule has 1 fully saturated rings. The van der Waals surface area contributed by atoms with Crippen molar-refractivity contribution in [2.45, 2.75) is 25.7 Å². The van der Waals surface area contributed by atoms with Crippen LogP contribution >= 0.6 is 11.6 Å². The molecule has 1 aliphatic rings. The lowest BCUT2D eigenvalue weighted by molar-refractivity contribution is 0.0880.